The third-order valence-electron chi connectivity index (χ3n) is 1.23. The Labute approximate surface area is 71.1 Å². The molecule has 0 atom stereocenters. The molecule has 10 heavy (non-hydrogen) atoms. The summed E-state index contributed by atoms with van der Waals surface area (Å²) in [5.74, 6) is 0. The van der Waals surface area contributed by atoms with E-state index < -0.39 is 0 Å². The van der Waals surface area contributed by atoms with Gasteiger partial charge in [0.1, 0.15) is 0 Å². The van der Waals surface area contributed by atoms with Crippen molar-refractivity contribution in [2.75, 3.05) is 6.54 Å². The fourth-order valence-electron chi connectivity index (χ4n) is 0.710. The summed E-state index contributed by atoms with van der Waals surface area (Å²) in [5.41, 5.74) is 6.68. The molecule has 0 aromatic rings. The molecule has 0 aliphatic carbocycles. The Kier molecular flexibility index (Phi) is 5.64. The van der Waals surface area contributed by atoms with E-state index in [1.165, 1.54) is 5.57 Å². The molecule has 0 fully saturated rings. The Bertz CT molecular complexity index is 147. The van der Waals surface area contributed by atoms with E-state index in [1.54, 1.807) is 0 Å². The van der Waals surface area contributed by atoms with Gasteiger partial charge in [0.05, 0.1) is 0 Å². The fourth-order valence-corrected chi connectivity index (χ4v) is 1.03. The predicted molar refractivity (Wildman–Crippen MR) is 50.1 cm³/mol. The number of hydrogen-bond acceptors (Lipinski definition) is 1. The number of rotatable bonds is 3. The molecule has 2 N–H and O–H groups in total. The first kappa shape index (κ1) is 9.92. The monoisotopic (exact) mass is 203 g/mol. The number of halogens is 1. The molecule has 58 valence electrons. The topological polar surface area (TPSA) is 26.0 Å². The second-order valence-electron chi connectivity index (χ2n) is 1.98. The summed E-state index contributed by atoms with van der Waals surface area (Å²) in [5, 5.41) is 0. The Morgan fingerprint density at radius 2 is 2.20 bits per heavy atom. The van der Waals surface area contributed by atoms with Gasteiger partial charge in [-0.05, 0) is 18.9 Å². The fraction of sp³-hybridized carbons (Fsp3) is 0.500. The predicted octanol–water partition coefficient (Wildman–Crippen LogP) is 2.58. The highest BCUT2D eigenvalue weighted by molar-refractivity contribution is 9.12. The largest absolute Gasteiger partial charge is 0.326 e. The van der Waals surface area contributed by atoms with Gasteiger partial charge in [0, 0.05) is 11.0 Å². The SMILES string of the molecule is C/C=C(Br)\C(=C/CC)CN. The van der Waals surface area contributed by atoms with Crippen LogP contribution in [-0.4, -0.2) is 6.54 Å². The molecule has 0 spiro atoms. The van der Waals surface area contributed by atoms with Crippen molar-refractivity contribution >= 4 is 15.9 Å². The van der Waals surface area contributed by atoms with Crippen molar-refractivity contribution in [3.05, 3.63) is 22.2 Å². The Hall–Kier alpha value is -0.0800. The summed E-state index contributed by atoms with van der Waals surface area (Å²) < 4.78 is 1.11. The highest BCUT2D eigenvalue weighted by atomic mass is 79.9. The van der Waals surface area contributed by atoms with E-state index in [1.807, 2.05) is 13.0 Å². The van der Waals surface area contributed by atoms with Crippen LogP contribution in [0, 0.1) is 0 Å². The van der Waals surface area contributed by atoms with Crippen LogP contribution < -0.4 is 5.73 Å². The first-order valence-electron chi connectivity index (χ1n) is 3.47. The standard InChI is InChI=1S/C8H14BrN/c1-3-5-7(6-10)8(9)4-2/h4-5H,3,6,10H2,1-2H3/b7-5-,8-4+. The lowest BCUT2D eigenvalue weighted by atomic mass is 10.2. The number of nitrogens with two attached hydrogens (primary N) is 1. The van der Waals surface area contributed by atoms with Crippen molar-refractivity contribution < 1.29 is 0 Å². The molecule has 0 amide bonds. The van der Waals surface area contributed by atoms with Gasteiger partial charge in [-0.2, -0.15) is 0 Å². The first-order chi connectivity index (χ1) is 4.76. The second kappa shape index (κ2) is 5.69. The molecule has 0 aliphatic rings. The van der Waals surface area contributed by atoms with E-state index in [-0.39, 0.29) is 0 Å². The molecule has 2 heteroatoms. The minimum absolute atomic E-state index is 0.610. The van der Waals surface area contributed by atoms with Gasteiger partial charge in [-0.3, -0.25) is 0 Å². The van der Waals surface area contributed by atoms with Crippen LogP contribution in [0.25, 0.3) is 0 Å². The van der Waals surface area contributed by atoms with Gasteiger partial charge in [-0.1, -0.05) is 35.0 Å². The zero-order valence-electron chi connectivity index (χ0n) is 6.52. The van der Waals surface area contributed by atoms with Crippen molar-refractivity contribution in [2.24, 2.45) is 5.73 Å². The van der Waals surface area contributed by atoms with Crippen LogP contribution in [0.1, 0.15) is 20.3 Å². The van der Waals surface area contributed by atoms with Gasteiger partial charge in [0.15, 0.2) is 0 Å². The van der Waals surface area contributed by atoms with Gasteiger partial charge < -0.3 is 5.73 Å². The molecule has 0 aromatic heterocycles. The van der Waals surface area contributed by atoms with Crippen molar-refractivity contribution in [3.8, 4) is 0 Å². The van der Waals surface area contributed by atoms with Crippen molar-refractivity contribution in [1.29, 1.82) is 0 Å². The summed E-state index contributed by atoms with van der Waals surface area (Å²) in [6, 6.07) is 0. The maximum absolute atomic E-state index is 5.50. The maximum Gasteiger partial charge on any atom is 0.0186 e. The van der Waals surface area contributed by atoms with Crippen molar-refractivity contribution in [3.63, 3.8) is 0 Å². The average molecular weight is 204 g/mol. The highest BCUT2D eigenvalue weighted by Gasteiger charge is 1.95. The lowest BCUT2D eigenvalue weighted by molar-refractivity contribution is 1.12. The Morgan fingerprint density at radius 1 is 1.60 bits per heavy atom. The van der Waals surface area contributed by atoms with Gasteiger partial charge in [0.2, 0.25) is 0 Å². The zero-order chi connectivity index (χ0) is 7.98. The molecule has 0 heterocycles. The van der Waals surface area contributed by atoms with Crippen LogP contribution in [0.5, 0.6) is 0 Å². The lowest BCUT2D eigenvalue weighted by Crippen LogP contribution is -2.02. The summed E-state index contributed by atoms with van der Waals surface area (Å²) in [6.45, 7) is 4.70. The van der Waals surface area contributed by atoms with E-state index in [2.05, 4.69) is 28.9 Å². The first-order valence-corrected chi connectivity index (χ1v) is 4.26. The molecule has 1 nitrogen and oxygen atoms in total. The molecular weight excluding hydrogens is 190 g/mol. The summed E-state index contributed by atoms with van der Waals surface area (Å²) in [7, 11) is 0. The van der Waals surface area contributed by atoms with E-state index >= 15 is 0 Å². The second-order valence-corrected chi connectivity index (χ2v) is 2.83. The summed E-state index contributed by atoms with van der Waals surface area (Å²) >= 11 is 3.42. The third-order valence-corrected chi connectivity index (χ3v) is 2.20. The van der Waals surface area contributed by atoms with Crippen molar-refractivity contribution in [1.82, 2.24) is 0 Å². The molecule has 0 bridgehead atoms. The number of allylic oxidation sites excluding steroid dienone is 2. The smallest absolute Gasteiger partial charge is 0.0186 e. The van der Waals surface area contributed by atoms with E-state index in [4.69, 9.17) is 5.73 Å². The van der Waals surface area contributed by atoms with Crippen molar-refractivity contribution in [2.45, 2.75) is 20.3 Å². The third kappa shape index (κ3) is 3.18. The minimum Gasteiger partial charge on any atom is -0.326 e. The molecule has 0 radical (unpaired) electrons. The quantitative estimate of drug-likeness (QED) is 0.702. The van der Waals surface area contributed by atoms with Crippen LogP contribution in [0.15, 0.2) is 22.2 Å². The Balaban J connectivity index is 4.21. The summed E-state index contributed by atoms with van der Waals surface area (Å²) in [6.07, 6.45) is 5.17. The van der Waals surface area contributed by atoms with Crippen LogP contribution in [0.4, 0.5) is 0 Å². The van der Waals surface area contributed by atoms with Gasteiger partial charge in [-0.15, -0.1) is 0 Å². The lowest BCUT2D eigenvalue weighted by Gasteiger charge is -2.00. The molecule has 0 rings (SSSR count). The minimum atomic E-state index is 0.610. The number of hydrogen-bond donors (Lipinski definition) is 1. The van der Waals surface area contributed by atoms with Gasteiger partial charge >= 0.3 is 0 Å². The Morgan fingerprint density at radius 3 is 2.50 bits per heavy atom. The normalized spacial score (nSPS) is 14.0. The van der Waals surface area contributed by atoms with Crippen LogP contribution in [-0.2, 0) is 0 Å². The molecule has 0 aliphatic heterocycles. The summed E-state index contributed by atoms with van der Waals surface area (Å²) in [4.78, 5) is 0. The average Bonchev–Trinajstić information content (AvgIpc) is 1.99. The zero-order valence-corrected chi connectivity index (χ0v) is 8.11. The van der Waals surface area contributed by atoms with Crippen LogP contribution in [0.2, 0.25) is 0 Å². The molecular formula is C8H14BrN. The maximum atomic E-state index is 5.50. The highest BCUT2D eigenvalue weighted by Crippen LogP contribution is 2.15. The molecule has 0 saturated heterocycles. The van der Waals surface area contributed by atoms with Crippen LogP contribution >= 0.6 is 15.9 Å². The van der Waals surface area contributed by atoms with E-state index in [9.17, 15) is 0 Å². The van der Waals surface area contributed by atoms with E-state index in [0.29, 0.717) is 6.54 Å². The van der Waals surface area contributed by atoms with E-state index in [0.717, 1.165) is 10.9 Å². The molecule has 0 unspecified atom stereocenters. The molecule has 0 aromatic carbocycles. The van der Waals surface area contributed by atoms with Gasteiger partial charge in [0.25, 0.3) is 0 Å². The van der Waals surface area contributed by atoms with Crippen LogP contribution in [0.3, 0.4) is 0 Å². The molecule has 0 saturated carbocycles. The van der Waals surface area contributed by atoms with Gasteiger partial charge in [-0.25, -0.2) is 0 Å².